The number of aryl methyl sites for hydroxylation is 1. The maximum absolute atomic E-state index is 12.7. The number of ketones is 1. The molecule has 1 heterocycles. The first kappa shape index (κ1) is 28.0. The lowest BCUT2D eigenvalue weighted by Gasteiger charge is -2.60. The van der Waals surface area contributed by atoms with E-state index in [2.05, 4.69) is 50.1 Å². The number of unbranched alkanes of at least 4 members (excludes halogenated alkanes) is 4. The van der Waals surface area contributed by atoms with E-state index in [4.69, 9.17) is 0 Å². The van der Waals surface area contributed by atoms with Crippen molar-refractivity contribution in [3.63, 3.8) is 0 Å². The van der Waals surface area contributed by atoms with Crippen LogP contribution >= 0.6 is 0 Å². The van der Waals surface area contributed by atoms with Gasteiger partial charge >= 0.3 is 0 Å². The average Bonchev–Trinajstić information content (AvgIpc) is 2.88. The first-order chi connectivity index (χ1) is 17.7. The molecule has 0 aliphatic heterocycles. The molecule has 3 unspecified atom stereocenters. The van der Waals surface area contributed by atoms with Crippen LogP contribution < -0.4 is 5.32 Å². The third-order valence-corrected chi connectivity index (χ3v) is 10.5. The van der Waals surface area contributed by atoms with E-state index in [1.807, 2.05) is 12.3 Å². The molecule has 4 heteroatoms. The summed E-state index contributed by atoms with van der Waals surface area (Å²) in [6, 6.07) is 6.12. The maximum Gasteiger partial charge on any atom is 0.220 e. The molecule has 1 N–H and O–H groups in total. The highest BCUT2D eigenvalue weighted by Gasteiger charge is 2.58. The second-order valence-corrected chi connectivity index (χ2v) is 13.0. The minimum Gasteiger partial charge on any atom is -0.356 e. The lowest BCUT2D eigenvalue weighted by atomic mass is 9.44. The highest BCUT2D eigenvalue weighted by Crippen LogP contribution is 2.63. The van der Waals surface area contributed by atoms with Gasteiger partial charge in [-0.25, -0.2) is 0 Å². The summed E-state index contributed by atoms with van der Waals surface area (Å²) in [5.74, 6) is 2.45. The van der Waals surface area contributed by atoms with Crippen LogP contribution in [0.3, 0.4) is 0 Å². The largest absolute Gasteiger partial charge is 0.356 e. The van der Waals surface area contributed by atoms with Crippen molar-refractivity contribution in [3.05, 3.63) is 41.2 Å². The minimum atomic E-state index is -0.187. The van der Waals surface area contributed by atoms with Gasteiger partial charge in [0.25, 0.3) is 0 Å². The number of nitrogens with zero attached hydrogens (tertiary/aromatic N) is 1. The highest BCUT2D eigenvalue weighted by molar-refractivity contribution is 5.85. The Balaban J connectivity index is 1.18. The summed E-state index contributed by atoms with van der Waals surface area (Å²) in [6.45, 7) is 10.0. The van der Waals surface area contributed by atoms with Gasteiger partial charge in [-0.3, -0.25) is 14.6 Å². The molecule has 1 aromatic heterocycles. The molecule has 37 heavy (non-hydrogen) atoms. The molecule has 1 amide bonds. The van der Waals surface area contributed by atoms with Crippen molar-refractivity contribution in [2.24, 2.45) is 28.6 Å². The van der Waals surface area contributed by atoms with Gasteiger partial charge in [0.2, 0.25) is 5.91 Å². The number of Topliss-reactive ketones (excluding diaryl/α,β-unsaturated/α-hetero) is 1. The number of fused-ring (bicyclic) bond motifs is 3. The van der Waals surface area contributed by atoms with Crippen molar-refractivity contribution in [2.45, 2.75) is 118 Å². The Morgan fingerprint density at radius 1 is 1.00 bits per heavy atom. The second kappa shape index (κ2) is 12.3. The summed E-state index contributed by atoms with van der Waals surface area (Å²) in [5, 5.41) is 3.19. The monoisotopic (exact) mass is 506 g/mol. The van der Waals surface area contributed by atoms with Crippen LogP contribution in [-0.4, -0.2) is 23.2 Å². The van der Waals surface area contributed by atoms with Crippen molar-refractivity contribution < 1.29 is 9.59 Å². The molecule has 4 nitrogen and oxygen atoms in total. The number of nitrogens with one attached hydrogen (secondary N) is 1. The topological polar surface area (TPSA) is 59.1 Å². The first-order valence-electron chi connectivity index (χ1n) is 15.1. The average molecular weight is 507 g/mol. The number of carbonyl (C=O) groups excluding carboxylic acids is 2. The van der Waals surface area contributed by atoms with Crippen LogP contribution in [0.4, 0.5) is 0 Å². The van der Waals surface area contributed by atoms with Gasteiger partial charge < -0.3 is 5.32 Å². The van der Waals surface area contributed by atoms with Crippen LogP contribution in [0.1, 0.15) is 117 Å². The van der Waals surface area contributed by atoms with Crippen molar-refractivity contribution >= 4 is 11.7 Å². The maximum atomic E-state index is 12.7. The molecule has 4 atom stereocenters. The predicted octanol–water partition coefficient (Wildman–Crippen LogP) is 7.62. The quantitative estimate of drug-likeness (QED) is 0.248. The zero-order valence-electron chi connectivity index (χ0n) is 23.9. The molecule has 1 aromatic rings. The Morgan fingerprint density at radius 2 is 1.78 bits per heavy atom. The summed E-state index contributed by atoms with van der Waals surface area (Å²) >= 11 is 0. The molecule has 0 radical (unpaired) electrons. The molecule has 2 fully saturated rings. The Bertz CT molecular complexity index is 966. The highest BCUT2D eigenvalue weighted by atomic mass is 16.1. The lowest BCUT2D eigenvalue weighted by molar-refractivity contribution is -0.151. The van der Waals surface area contributed by atoms with Crippen molar-refractivity contribution in [1.29, 1.82) is 0 Å². The van der Waals surface area contributed by atoms with E-state index in [0.29, 0.717) is 30.0 Å². The molecule has 2 saturated carbocycles. The Labute approximate surface area is 225 Å². The molecule has 4 rings (SSSR count). The van der Waals surface area contributed by atoms with E-state index in [9.17, 15) is 9.59 Å². The van der Waals surface area contributed by atoms with Gasteiger partial charge in [0, 0.05) is 36.7 Å². The van der Waals surface area contributed by atoms with E-state index < -0.39 is 0 Å². The number of rotatable bonds is 11. The van der Waals surface area contributed by atoms with E-state index >= 15 is 0 Å². The summed E-state index contributed by atoms with van der Waals surface area (Å²) in [4.78, 5) is 29.8. The van der Waals surface area contributed by atoms with E-state index in [-0.39, 0.29) is 16.7 Å². The van der Waals surface area contributed by atoms with E-state index in [0.717, 1.165) is 51.5 Å². The predicted molar refractivity (Wildman–Crippen MR) is 151 cm³/mol. The van der Waals surface area contributed by atoms with Gasteiger partial charge in [0.15, 0.2) is 0 Å². The number of amides is 1. The fraction of sp³-hybridized carbons (Fsp3) is 0.727. The summed E-state index contributed by atoms with van der Waals surface area (Å²) in [7, 11) is 0. The third kappa shape index (κ3) is 6.37. The number of hydrogen-bond donors (Lipinski definition) is 1. The van der Waals surface area contributed by atoms with Gasteiger partial charge in [-0.05, 0) is 100 Å². The van der Waals surface area contributed by atoms with Gasteiger partial charge in [-0.15, -0.1) is 0 Å². The van der Waals surface area contributed by atoms with Gasteiger partial charge in [0.05, 0.1) is 0 Å². The number of allylic oxidation sites excluding steroid dienone is 2. The molecular weight excluding hydrogens is 456 g/mol. The molecule has 204 valence electrons. The lowest BCUT2D eigenvalue weighted by Crippen LogP contribution is -2.55. The summed E-state index contributed by atoms with van der Waals surface area (Å²) < 4.78 is 0. The Hall–Kier alpha value is -1.97. The van der Waals surface area contributed by atoms with E-state index in [1.165, 1.54) is 49.8 Å². The van der Waals surface area contributed by atoms with Crippen molar-refractivity contribution in [2.75, 3.05) is 6.54 Å². The molecule has 0 bridgehead atoms. The zero-order chi connectivity index (χ0) is 26.5. The fourth-order valence-electron chi connectivity index (χ4n) is 8.31. The molecule has 3 aliphatic rings. The molecule has 3 aliphatic carbocycles. The van der Waals surface area contributed by atoms with Crippen LogP contribution in [0.5, 0.6) is 0 Å². The van der Waals surface area contributed by atoms with Crippen molar-refractivity contribution in [1.82, 2.24) is 10.3 Å². The number of aromatic nitrogens is 1. The number of carbonyl (C=O) groups is 2. The van der Waals surface area contributed by atoms with Gasteiger partial charge in [-0.1, -0.05) is 57.2 Å². The Morgan fingerprint density at radius 3 is 2.57 bits per heavy atom. The van der Waals surface area contributed by atoms with Gasteiger partial charge in [0.1, 0.15) is 5.78 Å². The molecule has 0 aromatic carbocycles. The van der Waals surface area contributed by atoms with Crippen LogP contribution in [0.2, 0.25) is 0 Å². The van der Waals surface area contributed by atoms with E-state index in [1.54, 1.807) is 5.57 Å². The normalized spacial score (nSPS) is 29.0. The van der Waals surface area contributed by atoms with Crippen molar-refractivity contribution in [3.8, 4) is 0 Å². The third-order valence-electron chi connectivity index (χ3n) is 10.5. The number of hydrogen-bond acceptors (Lipinski definition) is 3. The smallest absolute Gasteiger partial charge is 0.220 e. The fourth-order valence-corrected chi connectivity index (χ4v) is 8.31. The summed E-state index contributed by atoms with van der Waals surface area (Å²) in [5.41, 5.74) is 4.37. The second-order valence-electron chi connectivity index (χ2n) is 13.0. The van der Waals surface area contributed by atoms with Crippen LogP contribution in [0.25, 0.3) is 0 Å². The SMILES string of the molecule is CC1=C(CCC(=O)NCCCCCCCc2ccccn2)C2CCC3C(C)(C)C(=O)CC[C@]3(C)C2CC1. The number of pyridine rings is 1. The summed E-state index contributed by atoms with van der Waals surface area (Å²) in [6.07, 6.45) is 16.9. The molecule has 0 saturated heterocycles. The van der Waals surface area contributed by atoms with Crippen LogP contribution in [0.15, 0.2) is 35.5 Å². The first-order valence-corrected chi connectivity index (χ1v) is 15.1. The standard InChI is InChI=1S/C33H50N2O2/c1-24-14-17-28-27(15-18-29-32(2,3)30(36)20-21-33(28,29)4)26(24)16-19-31(37)35-23-10-7-5-6-8-12-25-13-9-11-22-34-25/h9,11,13,22,27-29H,5-8,10,12,14-21,23H2,1-4H3,(H,35,37)/t27?,28?,29?,33-/m1/s1. The zero-order valence-corrected chi connectivity index (χ0v) is 23.9. The van der Waals surface area contributed by atoms with Crippen LogP contribution in [-0.2, 0) is 16.0 Å². The molecule has 0 spiro atoms. The van der Waals surface area contributed by atoms with Gasteiger partial charge in [-0.2, -0.15) is 0 Å². The Kier molecular flexibility index (Phi) is 9.29. The molecular formula is C33H50N2O2. The van der Waals surface area contributed by atoms with Crippen LogP contribution in [0, 0.1) is 28.6 Å². The minimum absolute atomic E-state index is 0.187.